The zero-order valence-electron chi connectivity index (χ0n) is 16.9. The van der Waals surface area contributed by atoms with E-state index in [2.05, 4.69) is 52.5 Å². The summed E-state index contributed by atoms with van der Waals surface area (Å²) in [5.41, 5.74) is 3.15. The molecule has 154 valence electrons. The highest BCUT2D eigenvalue weighted by Gasteiger charge is 2.18. The van der Waals surface area contributed by atoms with E-state index in [0.717, 1.165) is 60.9 Å². The first kappa shape index (κ1) is 19.7. The van der Waals surface area contributed by atoms with Gasteiger partial charge >= 0.3 is 0 Å². The molecule has 0 radical (unpaired) electrons. The van der Waals surface area contributed by atoms with Crippen LogP contribution in [0.25, 0.3) is 10.9 Å². The highest BCUT2D eigenvalue weighted by atomic mass is 32.1. The van der Waals surface area contributed by atoms with Gasteiger partial charge in [-0.2, -0.15) is 0 Å². The predicted octanol–water partition coefficient (Wildman–Crippen LogP) is 2.82. The minimum atomic E-state index is 0.268. The van der Waals surface area contributed by atoms with E-state index >= 15 is 0 Å². The molecule has 1 saturated heterocycles. The first-order valence-electron chi connectivity index (χ1n) is 9.99. The van der Waals surface area contributed by atoms with Gasteiger partial charge < -0.3 is 29.9 Å². The second kappa shape index (κ2) is 8.84. The van der Waals surface area contributed by atoms with Crippen LogP contribution >= 0.6 is 12.2 Å². The Morgan fingerprint density at radius 3 is 2.76 bits per heavy atom. The highest BCUT2D eigenvalue weighted by molar-refractivity contribution is 7.80. The minimum Gasteiger partial charge on any atom is -0.462 e. The molecule has 2 aliphatic rings. The van der Waals surface area contributed by atoms with Crippen LogP contribution < -0.4 is 15.5 Å². The maximum absolute atomic E-state index is 5.38. The lowest BCUT2D eigenvalue weighted by atomic mass is 10.1. The van der Waals surface area contributed by atoms with E-state index in [1.54, 1.807) is 6.26 Å². The van der Waals surface area contributed by atoms with Crippen LogP contribution in [0.5, 0.6) is 0 Å². The summed E-state index contributed by atoms with van der Waals surface area (Å²) in [6.45, 7) is 10.5. The summed E-state index contributed by atoms with van der Waals surface area (Å²) in [5.74, 6) is 1.80. The molecule has 0 atom stereocenters. The fraction of sp³-hybridized carbons (Fsp3) is 0.429. The molecular weight excluding hydrogens is 386 g/mol. The number of hydrogen-bond donors (Lipinski definition) is 2. The third kappa shape index (κ3) is 4.71. The van der Waals surface area contributed by atoms with Crippen LogP contribution in [0.15, 0.2) is 36.3 Å². The van der Waals surface area contributed by atoms with E-state index in [0.29, 0.717) is 11.7 Å². The molecule has 1 aromatic heterocycles. The summed E-state index contributed by atoms with van der Waals surface area (Å²) in [7, 11) is 0. The second-order valence-electron chi connectivity index (χ2n) is 7.27. The monoisotopic (exact) mass is 413 g/mol. The molecule has 0 aliphatic carbocycles. The Morgan fingerprint density at radius 2 is 2.03 bits per heavy atom. The summed E-state index contributed by atoms with van der Waals surface area (Å²) in [6, 6.07) is 8.35. The molecule has 0 saturated carbocycles. The third-order valence-corrected chi connectivity index (χ3v) is 5.60. The van der Waals surface area contributed by atoms with Gasteiger partial charge in [0.1, 0.15) is 12.1 Å². The molecule has 0 bridgehead atoms. The maximum atomic E-state index is 5.38. The first-order valence-corrected chi connectivity index (χ1v) is 10.4. The number of thiocarbonyl (C=S) groups is 1. The van der Waals surface area contributed by atoms with Crippen LogP contribution in [0.3, 0.4) is 0 Å². The zero-order chi connectivity index (χ0) is 20.2. The second-order valence-corrected chi connectivity index (χ2v) is 7.68. The van der Waals surface area contributed by atoms with Gasteiger partial charge in [-0.25, -0.2) is 4.98 Å². The van der Waals surface area contributed by atoms with Crippen molar-refractivity contribution in [3.05, 3.63) is 41.9 Å². The van der Waals surface area contributed by atoms with Crippen molar-refractivity contribution in [1.82, 2.24) is 15.2 Å². The van der Waals surface area contributed by atoms with Crippen molar-refractivity contribution in [1.29, 1.82) is 0 Å². The molecule has 1 aromatic carbocycles. The van der Waals surface area contributed by atoms with Gasteiger partial charge in [0, 0.05) is 37.3 Å². The quantitative estimate of drug-likeness (QED) is 0.726. The van der Waals surface area contributed by atoms with Crippen molar-refractivity contribution in [3.63, 3.8) is 0 Å². The van der Waals surface area contributed by atoms with Crippen LogP contribution in [-0.4, -0.2) is 61.1 Å². The lowest BCUT2D eigenvalue weighted by Gasteiger charge is -2.35. The van der Waals surface area contributed by atoms with Gasteiger partial charge in [0.15, 0.2) is 10.9 Å². The smallest absolute Gasteiger partial charge is 0.229 e. The first-order chi connectivity index (χ1) is 14.1. The Bertz CT molecular complexity index is 925. The number of hydrogen-bond acceptors (Lipinski definition) is 6. The number of likely N-dealkylation sites (N-methyl/N-ethyl adjacent to an activating group) is 1. The number of piperazine rings is 1. The van der Waals surface area contributed by atoms with Gasteiger partial charge in [-0.05, 0) is 55.5 Å². The molecule has 4 rings (SSSR count). The molecule has 7 nitrogen and oxygen atoms in total. The number of nitrogens with one attached hydrogen (secondary N) is 2. The summed E-state index contributed by atoms with van der Waals surface area (Å²) < 4.78 is 10.3. The molecule has 29 heavy (non-hydrogen) atoms. The molecule has 2 aromatic rings. The summed E-state index contributed by atoms with van der Waals surface area (Å²) >= 11 is 5.38. The summed E-state index contributed by atoms with van der Waals surface area (Å²) in [4.78, 5) is 9.77. The number of pyridine rings is 1. The van der Waals surface area contributed by atoms with Crippen molar-refractivity contribution in [2.45, 2.75) is 13.8 Å². The number of ether oxygens (including phenoxy) is 2. The molecular formula is C21H27N5O2S. The number of nitrogens with zero attached hydrogens (tertiary/aromatic N) is 3. The number of aryl methyl sites for hydroxylation is 1. The van der Waals surface area contributed by atoms with Crippen molar-refractivity contribution >= 4 is 39.7 Å². The lowest BCUT2D eigenvalue weighted by molar-refractivity contribution is 0.0795. The van der Waals surface area contributed by atoms with Crippen LogP contribution in [0.1, 0.15) is 12.5 Å². The maximum Gasteiger partial charge on any atom is 0.229 e. The standard InChI is InChI=1S/C21H27N5O2S/c1-3-25-6-8-26(9-7-25)20-10-15(2)18-11-16(4-5-19(18)24-20)23-21(29)22-12-17-13-27-14-28-17/h4-5,10-11,13H,3,6-9,12,14H2,1-2H3,(H2,22,23,29). The van der Waals surface area contributed by atoms with Gasteiger partial charge in [0.05, 0.1) is 12.1 Å². The van der Waals surface area contributed by atoms with E-state index in [1.165, 1.54) is 5.56 Å². The van der Waals surface area contributed by atoms with Gasteiger partial charge in [0.2, 0.25) is 6.79 Å². The molecule has 0 unspecified atom stereocenters. The van der Waals surface area contributed by atoms with Crippen molar-refractivity contribution in [3.8, 4) is 0 Å². The average molecular weight is 414 g/mol. The number of anilines is 2. The molecule has 3 heterocycles. The zero-order valence-corrected chi connectivity index (χ0v) is 17.7. The van der Waals surface area contributed by atoms with E-state index in [4.69, 9.17) is 26.7 Å². The summed E-state index contributed by atoms with van der Waals surface area (Å²) in [5, 5.41) is 8.01. The van der Waals surface area contributed by atoms with E-state index in [1.807, 2.05) is 6.07 Å². The topological polar surface area (TPSA) is 61.9 Å². The summed E-state index contributed by atoms with van der Waals surface area (Å²) in [6.07, 6.45) is 1.60. The van der Waals surface area contributed by atoms with Crippen molar-refractivity contribution in [2.75, 3.05) is 56.3 Å². The Morgan fingerprint density at radius 1 is 1.21 bits per heavy atom. The Kier molecular flexibility index (Phi) is 6.01. The molecule has 1 fully saturated rings. The lowest BCUT2D eigenvalue weighted by Crippen LogP contribution is -2.46. The van der Waals surface area contributed by atoms with Gasteiger partial charge in [-0.15, -0.1) is 0 Å². The number of rotatable bonds is 5. The van der Waals surface area contributed by atoms with E-state index < -0.39 is 0 Å². The SMILES string of the molecule is CCN1CCN(c2cc(C)c3cc(NC(=S)NCC4=COCO4)ccc3n2)CC1. The van der Waals surface area contributed by atoms with Gasteiger partial charge in [-0.1, -0.05) is 6.92 Å². The van der Waals surface area contributed by atoms with E-state index in [-0.39, 0.29) is 6.79 Å². The van der Waals surface area contributed by atoms with E-state index in [9.17, 15) is 0 Å². The van der Waals surface area contributed by atoms with Crippen LogP contribution in [0.2, 0.25) is 0 Å². The number of benzene rings is 1. The Balaban J connectivity index is 1.43. The Hall–Kier alpha value is -2.58. The van der Waals surface area contributed by atoms with Crippen molar-refractivity contribution in [2.24, 2.45) is 0 Å². The van der Waals surface area contributed by atoms with Gasteiger partial charge in [0.25, 0.3) is 0 Å². The normalized spacial score (nSPS) is 16.9. The number of fused-ring (bicyclic) bond motifs is 1. The van der Waals surface area contributed by atoms with Gasteiger partial charge in [-0.3, -0.25) is 0 Å². The highest BCUT2D eigenvalue weighted by Crippen LogP contribution is 2.26. The molecule has 2 aliphatic heterocycles. The van der Waals surface area contributed by atoms with Crippen LogP contribution in [0.4, 0.5) is 11.5 Å². The average Bonchev–Trinajstić information content (AvgIpc) is 3.26. The van der Waals surface area contributed by atoms with Crippen molar-refractivity contribution < 1.29 is 9.47 Å². The third-order valence-electron chi connectivity index (χ3n) is 5.35. The largest absolute Gasteiger partial charge is 0.462 e. The Labute approximate surface area is 176 Å². The number of aromatic nitrogens is 1. The molecule has 0 amide bonds. The van der Waals surface area contributed by atoms with Crippen LogP contribution in [0, 0.1) is 6.92 Å². The fourth-order valence-electron chi connectivity index (χ4n) is 3.62. The van der Waals surface area contributed by atoms with Crippen LogP contribution in [-0.2, 0) is 9.47 Å². The molecule has 2 N–H and O–H groups in total. The fourth-order valence-corrected chi connectivity index (χ4v) is 3.81. The molecule has 8 heteroatoms. The predicted molar refractivity (Wildman–Crippen MR) is 120 cm³/mol. The molecule has 0 spiro atoms. The minimum absolute atomic E-state index is 0.268.